The Morgan fingerprint density at radius 1 is 1.00 bits per heavy atom. The third kappa shape index (κ3) is 3.99. The number of aryl methyl sites for hydroxylation is 1. The Morgan fingerprint density at radius 3 is 2.23 bits per heavy atom. The van der Waals surface area contributed by atoms with Gasteiger partial charge in [0.2, 0.25) is 5.91 Å². The van der Waals surface area contributed by atoms with Crippen molar-refractivity contribution in [2.24, 2.45) is 0 Å². The number of halogens is 1. The van der Waals surface area contributed by atoms with Gasteiger partial charge in [0, 0.05) is 10.7 Å². The van der Waals surface area contributed by atoms with Gasteiger partial charge in [-0.05, 0) is 49.6 Å². The fourth-order valence-corrected chi connectivity index (χ4v) is 3.22. The van der Waals surface area contributed by atoms with Gasteiger partial charge in [-0.15, -0.1) is 0 Å². The lowest BCUT2D eigenvalue weighted by Crippen LogP contribution is -2.55. The number of rotatable bonds is 5. The highest BCUT2D eigenvalue weighted by Gasteiger charge is 2.45. The van der Waals surface area contributed by atoms with Gasteiger partial charge in [0.1, 0.15) is 0 Å². The number of carbonyl (C=O) groups is 2. The number of anilines is 1. The Morgan fingerprint density at radius 2 is 1.65 bits per heavy atom. The molecule has 2 aromatic rings. The Kier molecular flexibility index (Phi) is 5.47. The van der Waals surface area contributed by atoms with Gasteiger partial charge in [-0.25, -0.2) is 0 Å². The monoisotopic (exact) mass is 371 g/mol. The second kappa shape index (κ2) is 7.79. The third-order valence-electron chi connectivity index (χ3n) is 4.86. The zero-order chi connectivity index (χ0) is 18.6. The highest BCUT2D eigenvalue weighted by Crippen LogP contribution is 2.44. The molecule has 0 radical (unpaired) electrons. The molecular formula is C20H22ClN3O2. The first-order valence-electron chi connectivity index (χ1n) is 8.65. The van der Waals surface area contributed by atoms with Crippen molar-refractivity contribution in [3.8, 4) is 0 Å². The molecule has 2 aromatic carbocycles. The molecule has 0 unspecified atom stereocenters. The molecule has 3 rings (SSSR count). The first-order valence-corrected chi connectivity index (χ1v) is 9.03. The molecule has 0 aliphatic heterocycles. The summed E-state index contributed by atoms with van der Waals surface area (Å²) in [7, 11) is 0. The van der Waals surface area contributed by atoms with Gasteiger partial charge in [-0.2, -0.15) is 0 Å². The molecule has 5 nitrogen and oxygen atoms in total. The van der Waals surface area contributed by atoms with Crippen molar-refractivity contribution < 1.29 is 9.59 Å². The summed E-state index contributed by atoms with van der Waals surface area (Å²) in [4.78, 5) is 24.7. The number of nitrogens with one attached hydrogen (secondary N) is 3. The molecule has 0 atom stereocenters. The second-order valence-corrected chi connectivity index (χ2v) is 7.10. The molecule has 0 saturated heterocycles. The van der Waals surface area contributed by atoms with Crippen LogP contribution in [0.15, 0.2) is 48.5 Å². The molecule has 26 heavy (non-hydrogen) atoms. The molecule has 1 aliphatic carbocycles. The Balaban J connectivity index is 1.53. The summed E-state index contributed by atoms with van der Waals surface area (Å²) in [5.41, 5.74) is 7.42. The molecule has 0 aromatic heterocycles. The van der Waals surface area contributed by atoms with Crippen LogP contribution in [0.4, 0.5) is 5.69 Å². The predicted octanol–water partition coefficient (Wildman–Crippen LogP) is 3.33. The molecule has 6 heteroatoms. The van der Waals surface area contributed by atoms with Crippen molar-refractivity contribution in [2.75, 3.05) is 11.9 Å². The van der Waals surface area contributed by atoms with E-state index >= 15 is 0 Å². The van der Waals surface area contributed by atoms with Gasteiger partial charge in [0.25, 0.3) is 5.91 Å². The van der Waals surface area contributed by atoms with Crippen molar-refractivity contribution >= 4 is 29.1 Å². The van der Waals surface area contributed by atoms with Crippen LogP contribution in [0, 0.1) is 6.92 Å². The van der Waals surface area contributed by atoms with Gasteiger partial charge in [-0.1, -0.05) is 47.9 Å². The molecular weight excluding hydrogens is 350 g/mol. The number of amides is 2. The van der Waals surface area contributed by atoms with E-state index in [1.165, 1.54) is 0 Å². The first-order chi connectivity index (χ1) is 12.5. The molecule has 136 valence electrons. The van der Waals surface area contributed by atoms with Crippen LogP contribution in [-0.2, 0) is 15.0 Å². The number of hydrazine groups is 1. The summed E-state index contributed by atoms with van der Waals surface area (Å²) in [5.74, 6) is -0.487. The Hall–Kier alpha value is -2.53. The van der Waals surface area contributed by atoms with Crippen molar-refractivity contribution in [3.05, 3.63) is 64.7 Å². The van der Waals surface area contributed by atoms with E-state index in [4.69, 9.17) is 11.6 Å². The number of carbonyl (C=O) groups excluding carboxylic acids is 2. The van der Waals surface area contributed by atoms with Crippen LogP contribution in [0.25, 0.3) is 0 Å². The standard InChI is InChI=1S/C20H22ClN3O2/c1-14-3-9-17(10-4-14)22-13-18(25)23-24-19(26)20(11-2-12-20)15-5-7-16(21)8-6-15/h3-10,22H,2,11-13H2,1H3,(H,23,25)(H,24,26). The minimum atomic E-state index is -0.581. The van der Waals surface area contributed by atoms with Gasteiger partial charge in [0.05, 0.1) is 12.0 Å². The quantitative estimate of drug-likeness (QED) is 0.706. The van der Waals surface area contributed by atoms with Crippen LogP contribution < -0.4 is 16.2 Å². The smallest absolute Gasteiger partial charge is 0.257 e. The molecule has 1 aliphatic rings. The SMILES string of the molecule is Cc1ccc(NCC(=O)NNC(=O)C2(c3ccc(Cl)cc3)CCC2)cc1. The maximum Gasteiger partial charge on any atom is 0.257 e. The van der Waals surface area contributed by atoms with E-state index in [1.807, 2.05) is 43.3 Å². The second-order valence-electron chi connectivity index (χ2n) is 6.66. The average Bonchev–Trinajstić information content (AvgIpc) is 2.60. The lowest BCUT2D eigenvalue weighted by atomic mass is 9.64. The van der Waals surface area contributed by atoms with Gasteiger partial charge < -0.3 is 5.32 Å². The lowest BCUT2D eigenvalue weighted by Gasteiger charge is -2.40. The Labute approximate surface area is 158 Å². The number of hydrogen-bond acceptors (Lipinski definition) is 3. The molecule has 2 amide bonds. The van der Waals surface area contributed by atoms with Crippen LogP contribution in [0.3, 0.4) is 0 Å². The van der Waals surface area contributed by atoms with Crippen LogP contribution in [0.5, 0.6) is 0 Å². The topological polar surface area (TPSA) is 70.2 Å². The summed E-state index contributed by atoms with van der Waals surface area (Å²) in [6.07, 6.45) is 2.51. The summed E-state index contributed by atoms with van der Waals surface area (Å²) in [6.45, 7) is 2.08. The average molecular weight is 372 g/mol. The van der Waals surface area contributed by atoms with E-state index in [0.717, 1.165) is 36.1 Å². The highest BCUT2D eigenvalue weighted by molar-refractivity contribution is 6.30. The maximum absolute atomic E-state index is 12.7. The Bertz CT molecular complexity index is 784. The van der Waals surface area contributed by atoms with Crippen LogP contribution >= 0.6 is 11.6 Å². The van der Waals surface area contributed by atoms with E-state index in [-0.39, 0.29) is 18.4 Å². The van der Waals surface area contributed by atoms with Crippen LogP contribution in [0.1, 0.15) is 30.4 Å². The van der Waals surface area contributed by atoms with Gasteiger partial charge in [0.15, 0.2) is 0 Å². The van der Waals surface area contributed by atoms with Crippen molar-refractivity contribution in [1.29, 1.82) is 0 Å². The first kappa shape index (κ1) is 18.3. The third-order valence-corrected chi connectivity index (χ3v) is 5.11. The largest absolute Gasteiger partial charge is 0.376 e. The van der Waals surface area contributed by atoms with Crippen LogP contribution in [-0.4, -0.2) is 18.4 Å². The molecule has 1 saturated carbocycles. The fourth-order valence-electron chi connectivity index (χ4n) is 3.09. The van der Waals surface area contributed by atoms with E-state index in [2.05, 4.69) is 16.2 Å². The lowest BCUT2D eigenvalue weighted by molar-refractivity contribution is -0.134. The van der Waals surface area contributed by atoms with E-state index in [1.54, 1.807) is 12.1 Å². The molecule has 0 heterocycles. The number of benzene rings is 2. The summed E-state index contributed by atoms with van der Waals surface area (Å²) >= 11 is 5.93. The molecule has 0 bridgehead atoms. The normalized spacial score (nSPS) is 14.8. The van der Waals surface area contributed by atoms with E-state index in [0.29, 0.717) is 5.02 Å². The zero-order valence-electron chi connectivity index (χ0n) is 14.6. The summed E-state index contributed by atoms with van der Waals surface area (Å²) < 4.78 is 0. The predicted molar refractivity (Wildman–Crippen MR) is 103 cm³/mol. The van der Waals surface area contributed by atoms with Crippen molar-refractivity contribution in [3.63, 3.8) is 0 Å². The van der Waals surface area contributed by atoms with Gasteiger partial charge >= 0.3 is 0 Å². The maximum atomic E-state index is 12.7. The molecule has 0 spiro atoms. The van der Waals surface area contributed by atoms with Crippen LogP contribution in [0.2, 0.25) is 5.02 Å². The van der Waals surface area contributed by atoms with E-state index in [9.17, 15) is 9.59 Å². The fraction of sp³-hybridized carbons (Fsp3) is 0.300. The van der Waals surface area contributed by atoms with Crippen molar-refractivity contribution in [2.45, 2.75) is 31.6 Å². The minimum Gasteiger partial charge on any atom is -0.376 e. The zero-order valence-corrected chi connectivity index (χ0v) is 15.4. The minimum absolute atomic E-state index is 0.0806. The summed E-state index contributed by atoms with van der Waals surface area (Å²) in [6, 6.07) is 15.1. The number of hydrogen-bond donors (Lipinski definition) is 3. The molecule has 1 fully saturated rings. The van der Waals surface area contributed by atoms with E-state index < -0.39 is 5.41 Å². The van der Waals surface area contributed by atoms with Crippen molar-refractivity contribution in [1.82, 2.24) is 10.9 Å². The van der Waals surface area contributed by atoms with Gasteiger partial charge in [-0.3, -0.25) is 20.4 Å². The molecule has 3 N–H and O–H groups in total. The summed E-state index contributed by atoms with van der Waals surface area (Å²) in [5, 5.41) is 3.66. The highest BCUT2D eigenvalue weighted by atomic mass is 35.5.